The van der Waals surface area contributed by atoms with Gasteiger partial charge in [-0.3, -0.25) is 0 Å². The first-order valence-electron chi connectivity index (χ1n) is 4.30. The van der Waals surface area contributed by atoms with Crippen molar-refractivity contribution in [3.05, 3.63) is 24.3 Å². The highest BCUT2D eigenvalue weighted by molar-refractivity contribution is 5.68. The maximum Gasteiger partial charge on any atom is 0.172 e. The third-order valence-electron chi connectivity index (χ3n) is 2.00. The quantitative estimate of drug-likeness (QED) is 0.780. The molecule has 0 aliphatic rings. The van der Waals surface area contributed by atoms with Crippen LogP contribution in [0.5, 0.6) is 11.5 Å². The Bertz CT molecular complexity index is 479. The molecule has 1 heterocycles. The highest BCUT2D eigenvalue weighted by Gasteiger charge is 2.10. The van der Waals surface area contributed by atoms with E-state index in [9.17, 15) is 5.11 Å². The van der Waals surface area contributed by atoms with Gasteiger partial charge in [-0.05, 0) is 12.1 Å². The largest absolute Gasteiger partial charge is 0.507 e. The monoisotopic (exact) mass is 206 g/mol. The van der Waals surface area contributed by atoms with Gasteiger partial charge in [-0.25, -0.2) is 0 Å². The van der Waals surface area contributed by atoms with Gasteiger partial charge in [0.05, 0.1) is 12.7 Å². The van der Waals surface area contributed by atoms with Crippen LogP contribution in [-0.4, -0.2) is 17.4 Å². The van der Waals surface area contributed by atoms with Crippen molar-refractivity contribution in [1.29, 1.82) is 0 Å². The standard InChI is InChI=1S/C10H10N2O3/c1-14-6-2-3-7(8(13)4-6)9-5-10(11)12-15-9/h2-5,13H,1H3,(H2,11,12). The number of phenolic OH excluding ortho intramolecular Hbond substituents is 1. The third kappa shape index (κ3) is 1.71. The summed E-state index contributed by atoms with van der Waals surface area (Å²) in [6, 6.07) is 6.43. The minimum Gasteiger partial charge on any atom is -0.507 e. The molecular formula is C10H10N2O3. The molecule has 0 aliphatic heterocycles. The number of phenols is 1. The number of benzene rings is 1. The van der Waals surface area contributed by atoms with Crippen LogP contribution >= 0.6 is 0 Å². The number of nitrogen functional groups attached to an aromatic ring is 1. The summed E-state index contributed by atoms with van der Waals surface area (Å²) < 4.78 is 9.89. The first kappa shape index (κ1) is 9.39. The van der Waals surface area contributed by atoms with Gasteiger partial charge < -0.3 is 20.1 Å². The first-order chi connectivity index (χ1) is 7.20. The zero-order valence-corrected chi connectivity index (χ0v) is 8.10. The van der Waals surface area contributed by atoms with Gasteiger partial charge in [0.25, 0.3) is 0 Å². The highest BCUT2D eigenvalue weighted by atomic mass is 16.5. The van der Waals surface area contributed by atoms with Gasteiger partial charge in [-0.1, -0.05) is 5.16 Å². The number of nitrogens with zero attached hydrogens (tertiary/aromatic N) is 1. The van der Waals surface area contributed by atoms with E-state index in [2.05, 4.69) is 5.16 Å². The molecule has 0 saturated heterocycles. The molecule has 0 saturated carbocycles. The minimum absolute atomic E-state index is 0.0606. The van der Waals surface area contributed by atoms with Crippen molar-refractivity contribution >= 4 is 5.82 Å². The van der Waals surface area contributed by atoms with Crippen LogP contribution in [0.1, 0.15) is 0 Å². The topological polar surface area (TPSA) is 81.5 Å². The second kappa shape index (κ2) is 3.53. The molecule has 78 valence electrons. The van der Waals surface area contributed by atoms with Crippen LogP contribution < -0.4 is 10.5 Å². The van der Waals surface area contributed by atoms with Crippen LogP contribution in [0, 0.1) is 0 Å². The summed E-state index contributed by atoms with van der Waals surface area (Å²) in [6.07, 6.45) is 0. The molecule has 0 bridgehead atoms. The zero-order valence-electron chi connectivity index (χ0n) is 8.10. The third-order valence-corrected chi connectivity index (χ3v) is 2.00. The zero-order chi connectivity index (χ0) is 10.8. The Morgan fingerprint density at radius 2 is 2.20 bits per heavy atom. The van der Waals surface area contributed by atoms with E-state index in [1.54, 1.807) is 18.2 Å². The van der Waals surface area contributed by atoms with Crippen molar-refractivity contribution in [2.75, 3.05) is 12.8 Å². The maximum atomic E-state index is 9.68. The van der Waals surface area contributed by atoms with E-state index < -0.39 is 0 Å². The van der Waals surface area contributed by atoms with Crippen LogP contribution in [-0.2, 0) is 0 Å². The molecule has 15 heavy (non-hydrogen) atoms. The van der Waals surface area contributed by atoms with Crippen molar-refractivity contribution in [3.8, 4) is 22.8 Å². The number of aromatic hydroxyl groups is 1. The number of rotatable bonds is 2. The van der Waals surface area contributed by atoms with E-state index in [0.717, 1.165) is 0 Å². The van der Waals surface area contributed by atoms with Gasteiger partial charge in [0.2, 0.25) is 0 Å². The molecule has 3 N–H and O–H groups in total. The fraction of sp³-hybridized carbons (Fsp3) is 0.100. The summed E-state index contributed by atoms with van der Waals surface area (Å²) in [5, 5.41) is 13.2. The Labute approximate surface area is 86.1 Å². The molecule has 5 nitrogen and oxygen atoms in total. The number of aromatic nitrogens is 1. The molecule has 1 aromatic carbocycles. The lowest BCUT2D eigenvalue weighted by Crippen LogP contribution is -1.83. The van der Waals surface area contributed by atoms with E-state index in [0.29, 0.717) is 17.1 Å². The van der Waals surface area contributed by atoms with Crippen molar-refractivity contribution in [1.82, 2.24) is 5.16 Å². The average Bonchev–Trinajstić information content (AvgIpc) is 2.64. The smallest absolute Gasteiger partial charge is 0.172 e. The highest BCUT2D eigenvalue weighted by Crippen LogP contribution is 2.32. The summed E-state index contributed by atoms with van der Waals surface area (Å²) in [5.41, 5.74) is 5.94. The lowest BCUT2D eigenvalue weighted by molar-refractivity contribution is 0.406. The van der Waals surface area contributed by atoms with Crippen molar-refractivity contribution in [2.45, 2.75) is 0 Å². The Hall–Kier alpha value is -2.17. The van der Waals surface area contributed by atoms with Crippen LogP contribution in [0.25, 0.3) is 11.3 Å². The Morgan fingerprint density at radius 3 is 2.73 bits per heavy atom. The van der Waals surface area contributed by atoms with E-state index >= 15 is 0 Å². The van der Waals surface area contributed by atoms with Crippen molar-refractivity contribution in [2.24, 2.45) is 0 Å². The molecule has 1 aromatic heterocycles. The summed E-state index contributed by atoms with van der Waals surface area (Å²) in [6.45, 7) is 0. The van der Waals surface area contributed by atoms with E-state index in [1.165, 1.54) is 13.2 Å². The maximum absolute atomic E-state index is 9.68. The summed E-state index contributed by atoms with van der Waals surface area (Å²) >= 11 is 0. The lowest BCUT2D eigenvalue weighted by atomic mass is 10.1. The number of methoxy groups -OCH3 is 1. The molecule has 0 amide bonds. The van der Waals surface area contributed by atoms with E-state index in [-0.39, 0.29) is 11.6 Å². The summed E-state index contributed by atoms with van der Waals surface area (Å²) in [4.78, 5) is 0. The van der Waals surface area contributed by atoms with E-state index in [1.807, 2.05) is 0 Å². The average molecular weight is 206 g/mol. The molecular weight excluding hydrogens is 196 g/mol. The number of nitrogens with two attached hydrogens (primary N) is 1. The summed E-state index contributed by atoms with van der Waals surface area (Å²) in [7, 11) is 1.53. The molecule has 0 spiro atoms. The SMILES string of the molecule is COc1ccc(-c2cc(N)no2)c(O)c1. The molecule has 2 aromatic rings. The molecule has 0 atom stereocenters. The second-order valence-electron chi connectivity index (χ2n) is 3.00. The van der Waals surface area contributed by atoms with Gasteiger partial charge >= 0.3 is 0 Å². The number of anilines is 1. The molecule has 0 fully saturated rings. The van der Waals surface area contributed by atoms with Crippen LogP contribution in [0.15, 0.2) is 28.8 Å². The number of ether oxygens (including phenoxy) is 1. The fourth-order valence-electron chi connectivity index (χ4n) is 1.26. The van der Waals surface area contributed by atoms with E-state index in [4.69, 9.17) is 15.0 Å². The Kier molecular flexibility index (Phi) is 2.21. The first-order valence-corrected chi connectivity index (χ1v) is 4.30. The van der Waals surface area contributed by atoms with Crippen LogP contribution in [0.2, 0.25) is 0 Å². The van der Waals surface area contributed by atoms with Crippen LogP contribution in [0.3, 0.4) is 0 Å². The number of hydrogen-bond donors (Lipinski definition) is 2. The second-order valence-corrected chi connectivity index (χ2v) is 3.00. The fourth-order valence-corrected chi connectivity index (χ4v) is 1.26. The Balaban J connectivity index is 2.45. The van der Waals surface area contributed by atoms with Gasteiger partial charge in [0, 0.05) is 12.1 Å². The predicted octanol–water partition coefficient (Wildman–Crippen LogP) is 1.64. The predicted molar refractivity (Wildman–Crippen MR) is 54.6 cm³/mol. The van der Waals surface area contributed by atoms with Gasteiger partial charge in [-0.15, -0.1) is 0 Å². The lowest BCUT2D eigenvalue weighted by Gasteiger charge is -2.03. The minimum atomic E-state index is 0.0606. The van der Waals surface area contributed by atoms with Gasteiger partial charge in [0.15, 0.2) is 11.6 Å². The normalized spacial score (nSPS) is 10.2. The summed E-state index contributed by atoms with van der Waals surface area (Å²) in [5.74, 6) is 1.34. The van der Waals surface area contributed by atoms with Gasteiger partial charge in [-0.2, -0.15) is 0 Å². The molecule has 0 aliphatic carbocycles. The van der Waals surface area contributed by atoms with Crippen molar-refractivity contribution in [3.63, 3.8) is 0 Å². The number of hydrogen-bond acceptors (Lipinski definition) is 5. The molecule has 0 unspecified atom stereocenters. The molecule has 2 rings (SSSR count). The molecule has 0 radical (unpaired) electrons. The molecule has 5 heteroatoms. The van der Waals surface area contributed by atoms with Crippen molar-refractivity contribution < 1.29 is 14.4 Å². The van der Waals surface area contributed by atoms with Crippen LogP contribution in [0.4, 0.5) is 5.82 Å². The Morgan fingerprint density at radius 1 is 1.40 bits per heavy atom. The van der Waals surface area contributed by atoms with Gasteiger partial charge in [0.1, 0.15) is 11.5 Å².